The van der Waals surface area contributed by atoms with Crippen molar-refractivity contribution < 1.29 is 4.74 Å². The molecule has 0 amide bonds. The SMILES string of the molecule is C=C(N)N=C(/C=C\C)[C@@H](C)Oc1ccccc1Cl. The Labute approximate surface area is 113 Å². The van der Waals surface area contributed by atoms with Crippen LogP contribution < -0.4 is 10.5 Å². The molecule has 1 rings (SSSR count). The smallest absolute Gasteiger partial charge is 0.138 e. The Kier molecular flexibility index (Phi) is 5.46. The number of ether oxygens (including phenoxy) is 1. The molecule has 0 aromatic heterocycles. The first-order chi connectivity index (χ1) is 8.54. The van der Waals surface area contributed by atoms with Crippen LogP contribution in [0, 0.1) is 0 Å². The zero-order valence-electron chi connectivity index (χ0n) is 10.6. The molecule has 0 spiro atoms. The van der Waals surface area contributed by atoms with Gasteiger partial charge in [-0.25, -0.2) is 4.99 Å². The van der Waals surface area contributed by atoms with Crippen molar-refractivity contribution in [1.29, 1.82) is 0 Å². The molecule has 1 atom stereocenters. The molecule has 1 aromatic carbocycles. The molecule has 0 aliphatic rings. The molecule has 3 nitrogen and oxygen atoms in total. The predicted molar refractivity (Wildman–Crippen MR) is 77.1 cm³/mol. The Morgan fingerprint density at radius 2 is 2.17 bits per heavy atom. The number of aliphatic imine (C=N–C) groups is 1. The number of nitrogens with zero attached hydrogens (tertiary/aromatic N) is 1. The lowest BCUT2D eigenvalue weighted by atomic mass is 10.2. The van der Waals surface area contributed by atoms with Crippen molar-refractivity contribution in [3.8, 4) is 5.75 Å². The quantitative estimate of drug-likeness (QED) is 0.827. The lowest BCUT2D eigenvalue weighted by Crippen LogP contribution is -2.23. The van der Waals surface area contributed by atoms with Gasteiger partial charge in [0, 0.05) is 0 Å². The second-order valence-electron chi connectivity index (χ2n) is 3.72. The first-order valence-corrected chi connectivity index (χ1v) is 5.99. The summed E-state index contributed by atoms with van der Waals surface area (Å²) in [7, 11) is 0. The van der Waals surface area contributed by atoms with Gasteiger partial charge >= 0.3 is 0 Å². The Balaban J connectivity index is 2.89. The van der Waals surface area contributed by atoms with Crippen molar-refractivity contribution in [2.75, 3.05) is 0 Å². The number of hydrogen-bond acceptors (Lipinski definition) is 3. The van der Waals surface area contributed by atoms with Gasteiger partial charge in [0.1, 0.15) is 17.7 Å². The summed E-state index contributed by atoms with van der Waals surface area (Å²) in [5.41, 5.74) is 6.19. The highest BCUT2D eigenvalue weighted by atomic mass is 35.5. The molecule has 1 aromatic rings. The van der Waals surface area contributed by atoms with E-state index in [4.69, 9.17) is 22.1 Å². The van der Waals surface area contributed by atoms with Crippen LogP contribution in [0.25, 0.3) is 0 Å². The zero-order valence-corrected chi connectivity index (χ0v) is 11.3. The lowest BCUT2D eigenvalue weighted by molar-refractivity contribution is 0.288. The summed E-state index contributed by atoms with van der Waals surface area (Å²) in [5, 5.41) is 0.566. The zero-order chi connectivity index (χ0) is 13.5. The van der Waals surface area contributed by atoms with Crippen LogP contribution in [-0.4, -0.2) is 11.8 Å². The van der Waals surface area contributed by atoms with E-state index in [0.29, 0.717) is 16.5 Å². The van der Waals surface area contributed by atoms with Crippen molar-refractivity contribution in [1.82, 2.24) is 0 Å². The molecule has 96 valence electrons. The monoisotopic (exact) mass is 264 g/mol. The maximum Gasteiger partial charge on any atom is 0.138 e. The molecule has 0 heterocycles. The highest BCUT2D eigenvalue weighted by molar-refractivity contribution is 6.32. The largest absolute Gasteiger partial charge is 0.483 e. The molecule has 0 fully saturated rings. The fraction of sp³-hybridized carbons (Fsp3) is 0.214. The summed E-state index contributed by atoms with van der Waals surface area (Å²) < 4.78 is 5.75. The summed E-state index contributed by atoms with van der Waals surface area (Å²) in [6.45, 7) is 7.34. The van der Waals surface area contributed by atoms with Crippen LogP contribution in [0.2, 0.25) is 5.02 Å². The van der Waals surface area contributed by atoms with Crippen LogP contribution in [-0.2, 0) is 0 Å². The number of para-hydroxylation sites is 1. The van der Waals surface area contributed by atoms with Crippen molar-refractivity contribution >= 4 is 17.3 Å². The molecule has 0 aliphatic carbocycles. The third kappa shape index (κ3) is 4.26. The maximum absolute atomic E-state index is 6.03. The fourth-order valence-electron chi connectivity index (χ4n) is 1.39. The average molecular weight is 265 g/mol. The van der Waals surface area contributed by atoms with Gasteiger partial charge < -0.3 is 10.5 Å². The standard InChI is InChI=1S/C14H17ClN2O/c1-4-7-13(17-11(3)16)10(2)18-14-9-6-5-8-12(14)15/h4-10H,3,16H2,1-2H3/b7-4-,17-13?/t10-/m1/s1. The number of nitrogens with two attached hydrogens (primary N) is 1. The molecule has 18 heavy (non-hydrogen) atoms. The predicted octanol–water partition coefficient (Wildman–Crippen LogP) is 3.55. The second kappa shape index (κ2) is 6.87. The number of halogens is 1. The van der Waals surface area contributed by atoms with E-state index in [1.807, 2.05) is 44.2 Å². The van der Waals surface area contributed by atoms with Crippen LogP contribution in [0.15, 0.2) is 53.8 Å². The molecule has 0 unspecified atom stereocenters. The molecule has 4 heteroatoms. The van der Waals surface area contributed by atoms with Crippen LogP contribution in [0.1, 0.15) is 13.8 Å². The number of rotatable bonds is 5. The fourth-order valence-corrected chi connectivity index (χ4v) is 1.57. The molecule has 0 bridgehead atoms. The highest BCUT2D eigenvalue weighted by Gasteiger charge is 2.11. The normalized spacial score (nSPS) is 13.6. The molecular weight excluding hydrogens is 248 g/mol. The number of hydrogen-bond donors (Lipinski definition) is 1. The Hall–Kier alpha value is -1.74. The lowest BCUT2D eigenvalue weighted by Gasteiger charge is -2.16. The van der Waals surface area contributed by atoms with E-state index in [0.717, 1.165) is 0 Å². The summed E-state index contributed by atoms with van der Waals surface area (Å²) in [6, 6.07) is 7.30. The Morgan fingerprint density at radius 1 is 1.50 bits per heavy atom. The minimum absolute atomic E-state index is 0.248. The Bertz CT molecular complexity index is 480. The topological polar surface area (TPSA) is 47.6 Å². The van der Waals surface area contributed by atoms with E-state index in [2.05, 4.69) is 11.6 Å². The summed E-state index contributed by atoms with van der Waals surface area (Å²) in [6.07, 6.45) is 3.44. The third-order valence-electron chi connectivity index (χ3n) is 2.17. The van der Waals surface area contributed by atoms with Crippen molar-refractivity contribution in [3.63, 3.8) is 0 Å². The van der Waals surface area contributed by atoms with Crippen LogP contribution >= 0.6 is 11.6 Å². The van der Waals surface area contributed by atoms with Crippen LogP contribution in [0.5, 0.6) is 5.75 Å². The Morgan fingerprint density at radius 3 is 2.72 bits per heavy atom. The second-order valence-corrected chi connectivity index (χ2v) is 4.13. The van der Waals surface area contributed by atoms with Gasteiger partial charge in [-0.05, 0) is 32.1 Å². The van der Waals surface area contributed by atoms with E-state index in [1.54, 1.807) is 6.07 Å². The van der Waals surface area contributed by atoms with Gasteiger partial charge in [-0.15, -0.1) is 0 Å². The molecule has 2 N–H and O–H groups in total. The van der Waals surface area contributed by atoms with Gasteiger partial charge in [0.2, 0.25) is 0 Å². The highest BCUT2D eigenvalue weighted by Crippen LogP contribution is 2.24. The summed E-state index contributed by atoms with van der Waals surface area (Å²) in [4.78, 5) is 4.14. The van der Waals surface area contributed by atoms with Crippen molar-refractivity contribution in [2.24, 2.45) is 10.7 Å². The maximum atomic E-state index is 6.03. The van der Waals surface area contributed by atoms with E-state index < -0.39 is 0 Å². The van der Waals surface area contributed by atoms with Gasteiger partial charge in [0.05, 0.1) is 10.7 Å². The van der Waals surface area contributed by atoms with Gasteiger partial charge in [-0.3, -0.25) is 0 Å². The van der Waals surface area contributed by atoms with E-state index >= 15 is 0 Å². The molecule has 0 saturated carbocycles. The molecule has 0 saturated heterocycles. The first-order valence-electron chi connectivity index (χ1n) is 5.61. The van der Waals surface area contributed by atoms with E-state index in [1.165, 1.54) is 0 Å². The van der Waals surface area contributed by atoms with Gasteiger partial charge in [0.15, 0.2) is 0 Å². The van der Waals surface area contributed by atoms with Gasteiger partial charge in [-0.2, -0.15) is 0 Å². The summed E-state index contributed by atoms with van der Waals surface area (Å²) >= 11 is 6.03. The average Bonchev–Trinajstić information content (AvgIpc) is 2.31. The van der Waals surface area contributed by atoms with E-state index in [9.17, 15) is 0 Å². The van der Waals surface area contributed by atoms with Crippen molar-refractivity contribution in [2.45, 2.75) is 20.0 Å². The first kappa shape index (κ1) is 14.3. The third-order valence-corrected chi connectivity index (χ3v) is 2.48. The number of allylic oxidation sites excluding steroid dienone is 1. The minimum atomic E-state index is -0.263. The molecule has 0 radical (unpaired) electrons. The van der Waals surface area contributed by atoms with Crippen LogP contribution in [0.3, 0.4) is 0 Å². The molecule has 0 aliphatic heterocycles. The molecular formula is C14H17ClN2O. The van der Waals surface area contributed by atoms with Crippen LogP contribution in [0.4, 0.5) is 0 Å². The van der Waals surface area contributed by atoms with Gasteiger partial charge in [-0.1, -0.05) is 36.4 Å². The summed E-state index contributed by atoms with van der Waals surface area (Å²) in [5.74, 6) is 0.865. The minimum Gasteiger partial charge on any atom is -0.483 e. The van der Waals surface area contributed by atoms with E-state index in [-0.39, 0.29) is 11.9 Å². The van der Waals surface area contributed by atoms with Gasteiger partial charge in [0.25, 0.3) is 0 Å². The number of benzene rings is 1. The van der Waals surface area contributed by atoms with Crippen molar-refractivity contribution in [3.05, 3.63) is 53.8 Å².